The molecule has 35 heavy (non-hydrogen) atoms. The first-order valence-electron chi connectivity index (χ1n) is 16.4. The Bertz CT molecular complexity index is 547. The van der Waals surface area contributed by atoms with Crippen LogP contribution in [0.25, 0.3) is 0 Å². The fraction of sp³-hybridized carbons (Fsp3) is 0.909. The number of rotatable bonds is 27. The van der Waals surface area contributed by atoms with Crippen LogP contribution in [0.4, 0.5) is 0 Å². The molecule has 1 heterocycles. The van der Waals surface area contributed by atoms with E-state index in [1.165, 1.54) is 174 Å². The van der Waals surface area contributed by atoms with Gasteiger partial charge in [-0.2, -0.15) is 0 Å². The fourth-order valence-corrected chi connectivity index (χ4v) is 5.44. The molecule has 0 bridgehead atoms. The Balaban J connectivity index is 2.18. The van der Waals surface area contributed by atoms with Gasteiger partial charge >= 0.3 is 0 Å². The van der Waals surface area contributed by atoms with Crippen molar-refractivity contribution >= 4 is 0 Å². The Labute approximate surface area is 221 Å². The van der Waals surface area contributed by atoms with E-state index >= 15 is 0 Å². The van der Waals surface area contributed by atoms with Crippen molar-refractivity contribution in [1.29, 1.82) is 0 Å². The quantitative estimate of drug-likeness (QED) is 0.0858. The zero-order valence-electron chi connectivity index (χ0n) is 24.6. The molecule has 0 saturated heterocycles. The Morgan fingerprint density at radius 3 is 1.37 bits per heavy atom. The van der Waals surface area contributed by atoms with Crippen LogP contribution in [0.1, 0.15) is 181 Å². The summed E-state index contributed by atoms with van der Waals surface area (Å²) in [7, 11) is 0. The maximum atomic E-state index is 2.60. The lowest BCUT2D eigenvalue weighted by molar-refractivity contribution is -0.704. The maximum Gasteiger partial charge on any atom is 0.256 e. The van der Waals surface area contributed by atoms with Gasteiger partial charge < -0.3 is 0 Å². The lowest BCUT2D eigenvalue weighted by atomic mass is 10.0. The van der Waals surface area contributed by atoms with Gasteiger partial charge in [0.25, 0.3) is 5.82 Å². The SMILES string of the molecule is CCCCCCCCCCCCCCC[n+]1ccn(CCCCCCCCCC)c1CCCCC. The highest BCUT2D eigenvalue weighted by molar-refractivity contribution is 4.84. The summed E-state index contributed by atoms with van der Waals surface area (Å²) in [5.41, 5.74) is 0. The third-order valence-corrected chi connectivity index (χ3v) is 7.85. The molecule has 0 aromatic carbocycles. The Kier molecular flexibility index (Phi) is 22.9. The molecule has 0 saturated carbocycles. The second-order valence-electron chi connectivity index (χ2n) is 11.3. The summed E-state index contributed by atoms with van der Waals surface area (Å²) in [5.74, 6) is 1.60. The van der Waals surface area contributed by atoms with Gasteiger partial charge in [0, 0.05) is 6.42 Å². The summed E-state index contributed by atoms with van der Waals surface area (Å²) in [5, 5.41) is 0. The van der Waals surface area contributed by atoms with Gasteiger partial charge in [-0.1, -0.05) is 143 Å². The molecule has 0 aliphatic carbocycles. The molecular weight excluding hydrogens is 424 g/mol. The summed E-state index contributed by atoms with van der Waals surface area (Å²) in [6, 6.07) is 0. The molecule has 0 N–H and O–H groups in total. The standard InChI is InChI=1S/C33H65N2/c1-4-7-10-12-14-16-17-18-19-20-22-24-27-30-35-32-31-34(33(35)28-25-9-6-3)29-26-23-21-15-13-11-8-5-2/h31-32H,4-30H2,1-3H3/q+1. The minimum absolute atomic E-state index is 1.22. The minimum atomic E-state index is 1.22. The van der Waals surface area contributed by atoms with Gasteiger partial charge in [0.05, 0.1) is 13.1 Å². The molecule has 2 nitrogen and oxygen atoms in total. The van der Waals surface area contributed by atoms with Crippen molar-refractivity contribution < 1.29 is 4.57 Å². The number of imidazole rings is 1. The molecular formula is C33H65N2+. The average Bonchev–Trinajstić information content (AvgIpc) is 3.25. The molecule has 2 heteroatoms. The predicted molar refractivity (Wildman–Crippen MR) is 156 cm³/mol. The monoisotopic (exact) mass is 490 g/mol. The smallest absolute Gasteiger partial charge is 0.234 e. The second-order valence-corrected chi connectivity index (χ2v) is 11.3. The summed E-state index contributed by atoms with van der Waals surface area (Å²) >= 11 is 0. The normalized spacial score (nSPS) is 11.5. The number of aryl methyl sites for hydroxylation is 2. The first-order valence-corrected chi connectivity index (χ1v) is 16.4. The molecule has 206 valence electrons. The molecule has 0 atom stereocenters. The van der Waals surface area contributed by atoms with Gasteiger partial charge in [0.15, 0.2) is 0 Å². The van der Waals surface area contributed by atoms with Crippen LogP contribution in [0, 0.1) is 0 Å². The number of hydrogen-bond donors (Lipinski definition) is 0. The van der Waals surface area contributed by atoms with Crippen LogP contribution in [-0.4, -0.2) is 4.57 Å². The van der Waals surface area contributed by atoms with Crippen molar-refractivity contribution in [3.05, 3.63) is 18.2 Å². The molecule has 1 rings (SSSR count). The third kappa shape index (κ3) is 18.2. The van der Waals surface area contributed by atoms with Gasteiger partial charge in [-0.25, -0.2) is 9.13 Å². The molecule has 1 aromatic heterocycles. The number of nitrogens with zero attached hydrogens (tertiary/aromatic N) is 2. The number of hydrogen-bond acceptors (Lipinski definition) is 0. The number of aromatic nitrogens is 2. The highest BCUT2D eigenvalue weighted by Crippen LogP contribution is 2.14. The minimum Gasteiger partial charge on any atom is -0.234 e. The van der Waals surface area contributed by atoms with Crippen LogP contribution in [0.2, 0.25) is 0 Å². The molecule has 0 radical (unpaired) electrons. The van der Waals surface area contributed by atoms with E-state index in [1.54, 1.807) is 5.82 Å². The van der Waals surface area contributed by atoms with Gasteiger partial charge in [-0.05, 0) is 32.1 Å². The first kappa shape index (κ1) is 32.2. The van der Waals surface area contributed by atoms with Crippen LogP contribution in [-0.2, 0) is 19.5 Å². The van der Waals surface area contributed by atoms with E-state index in [-0.39, 0.29) is 0 Å². The Morgan fingerprint density at radius 1 is 0.486 bits per heavy atom. The van der Waals surface area contributed by atoms with Crippen LogP contribution < -0.4 is 4.57 Å². The lowest BCUT2D eigenvalue weighted by Gasteiger charge is -2.06. The third-order valence-electron chi connectivity index (χ3n) is 7.85. The molecule has 0 unspecified atom stereocenters. The topological polar surface area (TPSA) is 8.81 Å². The van der Waals surface area contributed by atoms with Crippen molar-refractivity contribution in [2.24, 2.45) is 0 Å². The van der Waals surface area contributed by atoms with E-state index in [4.69, 9.17) is 0 Å². The Morgan fingerprint density at radius 2 is 0.886 bits per heavy atom. The van der Waals surface area contributed by atoms with Gasteiger partial charge in [-0.15, -0.1) is 0 Å². The van der Waals surface area contributed by atoms with Crippen molar-refractivity contribution in [3.63, 3.8) is 0 Å². The zero-order chi connectivity index (χ0) is 25.2. The lowest BCUT2D eigenvalue weighted by Crippen LogP contribution is -2.37. The van der Waals surface area contributed by atoms with Crippen molar-refractivity contribution in [2.45, 2.75) is 194 Å². The summed E-state index contributed by atoms with van der Waals surface area (Å²) in [4.78, 5) is 0. The van der Waals surface area contributed by atoms with E-state index in [9.17, 15) is 0 Å². The summed E-state index contributed by atoms with van der Waals surface area (Å²) in [6.07, 6.45) is 40.0. The van der Waals surface area contributed by atoms with Crippen molar-refractivity contribution in [2.75, 3.05) is 0 Å². The predicted octanol–water partition coefficient (Wildman–Crippen LogP) is 10.7. The van der Waals surface area contributed by atoms with E-state index in [0.29, 0.717) is 0 Å². The van der Waals surface area contributed by atoms with Crippen LogP contribution in [0.3, 0.4) is 0 Å². The van der Waals surface area contributed by atoms with Crippen LogP contribution in [0.5, 0.6) is 0 Å². The highest BCUT2D eigenvalue weighted by Gasteiger charge is 2.16. The van der Waals surface area contributed by atoms with Gasteiger partial charge in [-0.3, -0.25) is 0 Å². The van der Waals surface area contributed by atoms with E-state index in [1.807, 2.05) is 0 Å². The highest BCUT2D eigenvalue weighted by atomic mass is 15.1. The van der Waals surface area contributed by atoms with E-state index in [2.05, 4.69) is 42.3 Å². The second kappa shape index (κ2) is 24.9. The van der Waals surface area contributed by atoms with Crippen LogP contribution >= 0.6 is 0 Å². The van der Waals surface area contributed by atoms with E-state index in [0.717, 1.165) is 0 Å². The van der Waals surface area contributed by atoms with Crippen molar-refractivity contribution in [1.82, 2.24) is 4.57 Å². The molecule has 0 aliphatic heterocycles. The molecule has 0 aliphatic rings. The van der Waals surface area contributed by atoms with Crippen molar-refractivity contribution in [3.8, 4) is 0 Å². The summed E-state index contributed by atoms with van der Waals surface area (Å²) < 4.78 is 5.19. The molecule has 1 aromatic rings. The number of unbranched alkanes of at least 4 members (excludes halogenated alkanes) is 21. The average molecular weight is 490 g/mol. The fourth-order valence-electron chi connectivity index (χ4n) is 5.44. The molecule has 0 fully saturated rings. The summed E-state index contributed by atoms with van der Waals surface area (Å²) in [6.45, 7) is 9.38. The zero-order valence-corrected chi connectivity index (χ0v) is 24.6. The van der Waals surface area contributed by atoms with E-state index < -0.39 is 0 Å². The maximum absolute atomic E-state index is 2.60. The van der Waals surface area contributed by atoms with Gasteiger partial charge in [0.1, 0.15) is 12.4 Å². The molecule has 0 spiro atoms. The van der Waals surface area contributed by atoms with Gasteiger partial charge in [0.2, 0.25) is 0 Å². The van der Waals surface area contributed by atoms with Crippen LogP contribution in [0.15, 0.2) is 12.4 Å². The first-order chi connectivity index (χ1) is 17.3. The largest absolute Gasteiger partial charge is 0.256 e. The Hall–Kier alpha value is -0.790. The molecule has 0 amide bonds.